The van der Waals surface area contributed by atoms with Gasteiger partial charge in [-0.25, -0.2) is 15.0 Å². The number of benzene rings is 2. The Hall–Kier alpha value is -3.74. The smallest absolute Gasteiger partial charge is 0.252 e. The first kappa shape index (κ1) is 18.6. The molecule has 0 bridgehead atoms. The third-order valence-corrected chi connectivity index (χ3v) is 4.84. The minimum absolute atomic E-state index is 0.130. The Morgan fingerprint density at radius 2 is 1.76 bits per heavy atom. The minimum atomic E-state index is -0.130. The molecule has 0 atom stereocenters. The highest BCUT2D eigenvalue weighted by Crippen LogP contribution is 2.30. The number of carbonyl (C=O) groups is 1. The third-order valence-electron chi connectivity index (χ3n) is 4.84. The van der Waals surface area contributed by atoms with E-state index in [1.165, 1.54) is 0 Å². The molecule has 4 aromatic rings. The molecule has 7 heteroatoms. The van der Waals surface area contributed by atoms with Crippen molar-refractivity contribution in [1.82, 2.24) is 24.8 Å². The van der Waals surface area contributed by atoms with Gasteiger partial charge in [0.1, 0.15) is 5.82 Å². The predicted molar refractivity (Wildman–Crippen MR) is 114 cm³/mol. The third kappa shape index (κ3) is 3.67. The lowest BCUT2D eigenvalue weighted by Crippen LogP contribution is -2.24. The van der Waals surface area contributed by atoms with Crippen LogP contribution in [-0.4, -0.2) is 39.5 Å². The van der Waals surface area contributed by atoms with Gasteiger partial charge in [-0.05, 0) is 22.4 Å². The van der Waals surface area contributed by atoms with Gasteiger partial charge in [-0.3, -0.25) is 4.79 Å². The molecule has 4 rings (SSSR count). The maximum Gasteiger partial charge on any atom is 0.252 e. The SMILES string of the molecule is CN(C)c1ncc(-c2cccc3c(C(=O)NCc4nccn4C)cccc23)cn1. The molecule has 0 radical (unpaired) electrons. The molecule has 0 spiro atoms. The number of nitrogens with zero attached hydrogens (tertiary/aromatic N) is 5. The van der Waals surface area contributed by atoms with Crippen molar-refractivity contribution in [2.45, 2.75) is 6.54 Å². The first-order chi connectivity index (χ1) is 14.0. The van der Waals surface area contributed by atoms with Crippen molar-refractivity contribution < 1.29 is 4.79 Å². The number of nitrogens with one attached hydrogen (secondary N) is 1. The standard InChI is InChI=1S/C22H22N6O/c1-27(2)22-25-12-15(13-26-22)16-6-4-8-18-17(16)7-5-9-19(18)21(29)24-14-20-23-10-11-28(20)3/h4-13H,14H2,1-3H3,(H,24,29). The van der Waals surface area contributed by atoms with Gasteiger partial charge in [0.15, 0.2) is 0 Å². The van der Waals surface area contributed by atoms with E-state index >= 15 is 0 Å². The Morgan fingerprint density at radius 1 is 1.03 bits per heavy atom. The molecule has 0 aliphatic rings. The number of aromatic nitrogens is 4. The molecule has 146 valence electrons. The van der Waals surface area contributed by atoms with Crippen molar-refractivity contribution in [3.8, 4) is 11.1 Å². The molecule has 0 saturated carbocycles. The molecule has 2 heterocycles. The van der Waals surface area contributed by atoms with Gasteiger partial charge in [0.05, 0.1) is 6.54 Å². The van der Waals surface area contributed by atoms with Crippen LogP contribution in [0.25, 0.3) is 21.9 Å². The van der Waals surface area contributed by atoms with Crippen LogP contribution in [0.1, 0.15) is 16.2 Å². The molecule has 0 saturated heterocycles. The highest BCUT2D eigenvalue weighted by atomic mass is 16.1. The summed E-state index contributed by atoms with van der Waals surface area (Å²) in [6.45, 7) is 0.373. The van der Waals surface area contributed by atoms with Gasteiger partial charge in [-0.1, -0.05) is 30.3 Å². The van der Waals surface area contributed by atoms with E-state index in [1.54, 1.807) is 6.20 Å². The van der Waals surface area contributed by atoms with Crippen LogP contribution < -0.4 is 10.2 Å². The zero-order valence-corrected chi connectivity index (χ0v) is 16.6. The number of hydrogen-bond donors (Lipinski definition) is 1. The Morgan fingerprint density at radius 3 is 2.45 bits per heavy atom. The number of aryl methyl sites for hydroxylation is 1. The molecule has 0 fully saturated rings. The maximum atomic E-state index is 12.9. The summed E-state index contributed by atoms with van der Waals surface area (Å²) in [6, 6.07) is 11.7. The Kier molecular flexibility index (Phi) is 4.95. The second-order valence-corrected chi connectivity index (χ2v) is 7.01. The van der Waals surface area contributed by atoms with Crippen molar-refractivity contribution >= 4 is 22.6 Å². The maximum absolute atomic E-state index is 12.9. The fourth-order valence-corrected chi connectivity index (χ4v) is 3.27. The van der Waals surface area contributed by atoms with Crippen LogP contribution in [0.5, 0.6) is 0 Å². The van der Waals surface area contributed by atoms with Crippen LogP contribution in [0, 0.1) is 0 Å². The zero-order chi connectivity index (χ0) is 20.4. The lowest BCUT2D eigenvalue weighted by Gasteiger charge is -2.12. The van der Waals surface area contributed by atoms with Crippen molar-refractivity contribution in [3.63, 3.8) is 0 Å². The van der Waals surface area contributed by atoms with E-state index in [2.05, 4.69) is 20.3 Å². The van der Waals surface area contributed by atoms with Gasteiger partial charge >= 0.3 is 0 Å². The number of fused-ring (bicyclic) bond motifs is 1. The summed E-state index contributed by atoms with van der Waals surface area (Å²) in [5, 5.41) is 4.83. The molecule has 29 heavy (non-hydrogen) atoms. The fourth-order valence-electron chi connectivity index (χ4n) is 3.27. The summed E-state index contributed by atoms with van der Waals surface area (Å²) in [5.41, 5.74) is 2.53. The largest absolute Gasteiger partial charge is 0.347 e. The predicted octanol–water partition coefficient (Wildman–Crippen LogP) is 3.03. The quantitative estimate of drug-likeness (QED) is 0.571. The molecule has 0 aliphatic carbocycles. The van der Waals surface area contributed by atoms with Gasteiger partial charge in [-0.2, -0.15) is 0 Å². The monoisotopic (exact) mass is 386 g/mol. The lowest BCUT2D eigenvalue weighted by molar-refractivity contribution is 0.0951. The summed E-state index contributed by atoms with van der Waals surface area (Å²) in [5.74, 6) is 1.33. The lowest BCUT2D eigenvalue weighted by atomic mass is 9.96. The summed E-state index contributed by atoms with van der Waals surface area (Å²) in [6.07, 6.45) is 7.19. The summed E-state index contributed by atoms with van der Waals surface area (Å²) in [4.78, 5) is 27.8. The fraction of sp³-hybridized carbons (Fsp3) is 0.182. The summed E-state index contributed by atoms with van der Waals surface area (Å²) in [7, 11) is 5.72. The van der Waals surface area contributed by atoms with Gasteiger partial charge in [0, 0.05) is 57.1 Å². The highest BCUT2D eigenvalue weighted by Gasteiger charge is 2.13. The van der Waals surface area contributed by atoms with E-state index in [9.17, 15) is 4.79 Å². The average Bonchev–Trinajstić information content (AvgIpc) is 3.16. The Bertz CT molecular complexity index is 1160. The molecule has 2 aromatic carbocycles. The molecule has 7 nitrogen and oxygen atoms in total. The van der Waals surface area contributed by atoms with Crippen molar-refractivity contribution in [2.75, 3.05) is 19.0 Å². The number of carbonyl (C=O) groups excluding carboxylic acids is 1. The number of amides is 1. The molecule has 2 aromatic heterocycles. The van der Waals surface area contributed by atoms with Crippen molar-refractivity contribution in [1.29, 1.82) is 0 Å². The molecule has 0 unspecified atom stereocenters. The van der Waals surface area contributed by atoms with Crippen LogP contribution in [0.4, 0.5) is 5.95 Å². The molecule has 0 aliphatic heterocycles. The first-order valence-electron chi connectivity index (χ1n) is 9.30. The molecular weight excluding hydrogens is 364 g/mol. The number of rotatable bonds is 5. The minimum Gasteiger partial charge on any atom is -0.347 e. The summed E-state index contributed by atoms with van der Waals surface area (Å²) >= 11 is 0. The van der Waals surface area contributed by atoms with Gasteiger partial charge in [-0.15, -0.1) is 0 Å². The van der Waals surface area contributed by atoms with Crippen LogP contribution >= 0.6 is 0 Å². The zero-order valence-electron chi connectivity index (χ0n) is 16.6. The van der Waals surface area contributed by atoms with E-state index < -0.39 is 0 Å². The molecule has 1 N–H and O–H groups in total. The van der Waals surface area contributed by atoms with Gasteiger partial charge in [0.2, 0.25) is 5.95 Å². The molecule has 1 amide bonds. The van der Waals surface area contributed by atoms with Crippen LogP contribution in [0.2, 0.25) is 0 Å². The second kappa shape index (κ2) is 7.71. The number of imidazole rings is 1. The average molecular weight is 386 g/mol. The number of hydrogen-bond acceptors (Lipinski definition) is 5. The van der Waals surface area contributed by atoms with Crippen LogP contribution in [-0.2, 0) is 13.6 Å². The van der Waals surface area contributed by atoms with E-state index in [0.29, 0.717) is 18.1 Å². The van der Waals surface area contributed by atoms with Crippen LogP contribution in [0.3, 0.4) is 0 Å². The normalized spacial score (nSPS) is 10.9. The van der Waals surface area contributed by atoms with E-state index in [0.717, 1.165) is 27.7 Å². The van der Waals surface area contributed by atoms with Gasteiger partial charge in [0.25, 0.3) is 5.91 Å². The highest BCUT2D eigenvalue weighted by molar-refractivity contribution is 6.10. The Labute approximate surface area is 169 Å². The first-order valence-corrected chi connectivity index (χ1v) is 9.30. The van der Waals surface area contributed by atoms with Crippen LogP contribution in [0.15, 0.2) is 61.2 Å². The van der Waals surface area contributed by atoms with Crippen molar-refractivity contribution in [3.05, 3.63) is 72.6 Å². The molecular formula is C22H22N6O. The topological polar surface area (TPSA) is 75.9 Å². The number of anilines is 1. The van der Waals surface area contributed by atoms with E-state index in [1.807, 2.05) is 85.6 Å². The Balaban J connectivity index is 1.67. The van der Waals surface area contributed by atoms with E-state index in [4.69, 9.17) is 0 Å². The second-order valence-electron chi connectivity index (χ2n) is 7.01. The summed E-state index contributed by atoms with van der Waals surface area (Å²) < 4.78 is 1.89. The van der Waals surface area contributed by atoms with E-state index in [-0.39, 0.29) is 5.91 Å². The van der Waals surface area contributed by atoms with Gasteiger partial charge < -0.3 is 14.8 Å². The van der Waals surface area contributed by atoms with Crippen molar-refractivity contribution in [2.24, 2.45) is 7.05 Å².